The Hall–Kier alpha value is -3.46. The van der Waals surface area contributed by atoms with Gasteiger partial charge in [0.1, 0.15) is 11.6 Å². The Labute approximate surface area is 277 Å². The molecule has 9 heteroatoms. The van der Waals surface area contributed by atoms with Crippen LogP contribution in [0.2, 0.25) is 5.02 Å². The van der Waals surface area contributed by atoms with Gasteiger partial charge >= 0.3 is 0 Å². The summed E-state index contributed by atoms with van der Waals surface area (Å²) in [7, 11) is 0. The molecular formula is C37H46ClN3O5. The van der Waals surface area contributed by atoms with Gasteiger partial charge in [0, 0.05) is 18.8 Å². The average Bonchev–Trinajstić information content (AvgIpc) is 3.54. The van der Waals surface area contributed by atoms with Crippen LogP contribution < -0.4 is 9.80 Å². The number of benzene rings is 2. The third kappa shape index (κ3) is 5.28. The summed E-state index contributed by atoms with van der Waals surface area (Å²) in [5.74, 6) is -2.76. The van der Waals surface area contributed by atoms with E-state index in [0.29, 0.717) is 29.2 Å². The number of fused-ring (bicyclic) bond motifs is 1. The summed E-state index contributed by atoms with van der Waals surface area (Å²) >= 11 is 6.72. The van der Waals surface area contributed by atoms with E-state index in [9.17, 15) is 14.7 Å². The highest BCUT2D eigenvalue weighted by atomic mass is 35.5. The molecule has 2 bridgehead atoms. The van der Waals surface area contributed by atoms with Crippen LogP contribution in [0.1, 0.15) is 46.1 Å². The van der Waals surface area contributed by atoms with Gasteiger partial charge in [0.15, 0.2) is 0 Å². The van der Waals surface area contributed by atoms with E-state index < -0.39 is 35.1 Å². The fourth-order valence-electron chi connectivity index (χ4n) is 8.31. The molecule has 5 rings (SSSR count). The van der Waals surface area contributed by atoms with Crippen molar-refractivity contribution in [1.82, 2.24) is 4.90 Å². The fraction of sp³-hybridized carbons (Fsp3) is 0.486. The molecule has 3 amide bonds. The van der Waals surface area contributed by atoms with Crippen molar-refractivity contribution < 1.29 is 24.2 Å². The number of anilines is 2. The standard InChI is InChI=1S/C37H46ClN3O5/c1-8-18-39(26-15-11-10-12-16-26)33(43)29-30-34(44)41(27(22-42)20-23(3)4)32(37(30)21-25(6)36(29,7)46-37)35(45)40(19-9-2)31-24(5)14-13-17-28(31)38/h8-17,23,25,27,29-30,32,42H,1-2,18-22H2,3-7H3/t25?,27-,29+,30+,32?,36-,37?/m1/s1. The molecule has 3 aliphatic heterocycles. The summed E-state index contributed by atoms with van der Waals surface area (Å²) in [4.78, 5) is 49.6. The van der Waals surface area contributed by atoms with Gasteiger partial charge in [0.05, 0.1) is 40.8 Å². The first-order chi connectivity index (χ1) is 21.9. The van der Waals surface area contributed by atoms with Gasteiger partial charge in [-0.2, -0.15) is 0 Å². The molecule has 246 valence electrons. The quantitative estimate of drug-likeness (QED) is 0.294. The zero-order valence-electron chi connectivity index (χ0n) is 27.5. The third-order valence-corrected chi connectivity index (χ3v) is 10.6. The van der Waals surface area contributed by atoms with Crippen molar-refractivity contribution in [3.05, 3.63) is 84.4 Å². The van der Waals surface area contributed by atoms with Crippen LogP contribution in [0, 0.1) is 30.6 Å². The van der Waals surface area contributed by atoms with Crippen molar-refractivity contribution >= 4 is 40.7 Å². The Morgan fingerprint density at radius 3 is 2.33 bits per heavy atom. The summed E-state index contributed by atoms with van der Waals surface area (Å²) in [6.07, 6.45) is 4.18. The molecule has 3 fully saturated rings. The minimum atomic E-state index is -1.29. The Morgan fingerprint density at radius 1 is 1.09 bits per heavy atom. The fourth-order valence-corrected chi connectivity index (χ4v) is 8.63. The topological polar surface area (TPSA) is 90.4 Å². The maximum Gasteiger partial charge on any atom is 0.253 e. The monoisotopic (exact) mass is 647 g/mol. The lowest BCUT2D eigenvalue weighted by molar-refractivity contribution is -0.149. The molecule has 3 unspecified atom stereocenters. The van der Waals surface area contributed by atoms with E-state index in [1.165, 1.54) is 0 Å². The lowest BCUT2D eigenvalue weighted by Gasteiger charge is -2.40. The van der Waals surface area contributed by atoms with Crippen molar-refractivity contribution in [2.75, 3.05) is 29.5 Å². The lowest BCUT2D eigenvalue weighted by Crippen LogP contribution is -2.59. The molecule has 2 aromatic rings. The second kappa shape index (κ2) is 13.0. The number of aliphatic hydroxyl groups excluding tert-OH is 1. The normalized spacial score (nSPS) is 28.7. The van der Waals surface area contributed by atoms with Gasteiger partial charge in [0.2, 0.25) is 11.8 Å². The smallest absolute Gasteiger partial charge is 0.253 e. The largest absolute Gasteiger partial charge is 0.394 e. The number of likely N-dealkylation sites (tertiary alicyclic amines) is 1. The number of ether oxygens (including phenoxy) is 1. The zero-order chi connectivity index (χ0) is 33.6. The summed E-state index contributed by atoms with van der Waals surface area (Å²) in [6, 6.07) is 13.0. The summed E-state index contributed by atoms with van der Waals surface area (Å²) in [5.41, 5.74) is -0.285. The molecule has 46 heavy (non-hydrogen) atoms. The van der Waals surface area contributed by atoms with Crippen molar-refractivity contribution in [3.8, 4) is 0 Å². The van der Waals surface area contributed by atoms with E-state index >= 15 is 4.79 Å². The molecule has 3 saturated heterocycles. The second-order valence-electron chi connectivity index (χ2n) is 13.6. The molecule has 2 aromatic carbocycles. The number of nitrogens with zero attached hydrogens (tertiary/aromatic N) is 3. The van der Waals surface area contributed by atoms with Crippen LogP contribution >= 0.6 is 11.6 Å². The molecule has 0 aromatic heterocycles. The first kappa shape index (κ1) is 33.9. The Balaban J connectivity index is 1.69. The SMILES string of the molecule is C=CCN(C(=O)[C@@H]1[C@H]2C(=O)N([C@@H](CO)CC(C)C)C(C(=O)N(CC=C)c3c(C)cccc3Cl)C23CC(C)[C@@]1(C)O3)c1ccccc1. The second-order valence-corrected chi connectivity index (χ2v) is 14.0. The Kier molecular flexibility index (Phi) is 9.56. The van der Waals surface area contributed by atoms with Crippen molar-refractivity contribution in [1.29, 1.82) is 0 Å². The van der Waals surface area contributed by atoms with E-state index in [1.54, 1.807) is 32.9 Å². The molecule has 0 saturated carbocycles. The minimum absolute atomic E-state index is 0.126. The van der Waals surface area contributed by atoms with Gasteiger partial charge in [-0.25, -0.2) is 0 Å². The molecule has 7 atom stereocenters. The number of carbonyl (C=O) groups is 3. The van der Waals surface area contributed by atoms with Gasteiger partial charge in [-0.05, 0) is 62.3 Å². The van der Waals surface area contributed by atoms with E-state index in [1.807, 2.05) is 77.1 Å². The zero-order valence-corrected chi connectivity index (χ0v) is 28.2. The van der Waals surface area contributed by atoms with Gasteiger partial charge in [-0.15, -0.1) is 13.2 Å². The predicted molar refractivity (Wildman–Crippen MR) is 182 cm³/mol. The van der Waals surface area contributed by atoms with E-state index in [2.05, 4.69) is 13.2 Å². The molecule has 0 radical (unpaired) electrons. The van der Waals surface area contributed by atoms with Crippen molar-refractivity contribution in [3.63, 3.8) is 0 Å². The van der Waals surface area contributed by atoms with E-state index in [0.717, 1.165) is 5.56 Å². The number of amides is 3. The van der Waals surface area contributed by atoms with Gasteiger partial charge in [0.25, 0.3) is 5.91 Å². The number of rotatable bonds is 12. The molecule has 1 spiro atoms. The number of aryl methyl sites for hydroxylation is 1. The number of hydrogen-bond donors (Lipinski definition) is 1. The molecule has 0 aliphatic carbocycles. The highest BCUT2D eigenvalue weighted by molar-refractivity contribution is 6.34. The first-order valence-electron chi connectivity index (χ1n) is 16.2. The van der Waals surface area contributed by atoms with Gasteiger partial charge in [-0.1, -0.05) is 74.9 Å². The molecule has 1 N–H and O–H groups in total. The summed E-state index contributed by atoms with van der Waals surface area (Å²) in [6.45, 7) is 17.7. The number of hydrogen-bond acceptors (Lipinski definition) is 5. The maximum absolute atomic E-state index is 15.1. The van der Waals surface area contributed by atoms with Crippen LogP contribution in [-0.4, -0.2) is 70.7 Å². The number of halogens is 1. The van der Waals surface area contributed by atoms with Crippen LogP contribution in [0.25, 0.3) is 0 Å². The van der Waals surface area contributed by atoms with Crippen LogP contribution in [0.15, 0.2) is 73.8 Å². The van der Waals surface area contributed by atoms with Crippen molar-refractivity contribution in [2.45, 2.75) is 70.7 Å². The van der Waals surface area contributed by atoms with E-state index in [4.69, 9.17) is 16.3 Å². The average molecular weight is 648 g/mol. The molecular weight excluding hydrogens is 602 g/mol. The highest BCUT2D eigenvalue weighted by Crippen LogP contribution is 2.66. The third-order valence-electron chi connectivity index (χ3n) is 10.3. The number of aliphatic hydroxyl groups is 1. The number of para-hydroxylation sites is 2. The van der Waals surface area contributed by atoms with E-state index in [-0.39, 0.29) is 49.3 Å². The Bertz CT molecular complexity index is 1490. The first-order valence-corrected chi connectivity index (χ1v) is 16.5. The summed E-state index contributed by atoms with van der Waals surface area (Å²) < 4.78 is 7.02. The van der Waals surface area contributed by atoms with Gasteiger partial charge in [-0.3, -0.25) is 14.4 Å². The Morgan fingerprint density at radius 2 is 1.74 bits per heavy atom. The molecule has 8 nitrogen and oxygen atoms in total. The summed E-state index contributed by atoms with van der Waals surface area (Å²) in [5, 5.41) is 11.1. The predicted octanol–water partition coefficient (Wildman–Crippen LogP) is 5.80. The lowest BCUT2D eigenvalue weighted by atomic mass is 9.62. The highest BCUT2D eigenvalue weighted by Gasteiger charge is 2.80. The maximum atomic E-state index is 15.1. The van der Waals surface area contributed by atoms with Crippen LogP contribution in [0.5, 0.6) is 0 Å². The molecule has 3 heterocycles. The number of carbonyl (C=O) groups excluding carboxylic acids is 3. The van der Waals surface area contributed by atoms with Gasteiger partial charge < -0.3 is 24.5 Å². The van der Waals surface area contributed by atoms with Crippen LogP contribution in [-0.2, 0) is 19.1 Å². The molecule has 3 aliphatic rings. The van der Waals surface area contributed by atoms with Crippen molar-refractivity contribution in [2.24, 2.45) is 23.7 Å². The minimum Gasteiger partial charge on any atom is -0.394 e. The van der Waals surface area contributed by atoms with Crippen LogP contribution in [0.4, 0.5) is 11.4 Å². The van der Waals surface area contributed by atoms with Crippen LogP contribution in [0.3, 0.4) is 0 Å².